The zero-order valence-corrected chi connectivity index (χ0v) is 12.1. The van der Waals surface area contributed by atoms with Gasteiger partial charge in [-0.2, -0.15) is 0 Å². The van der Waals surface area contributed by atoms with Crippen LogP contribution in [0.1, 0.15) is 21.5 Å². The summed E-state index contributed by atoms with van der Waals surface area (Å²) in [7, 11) is 1.37. The van der Waals surface area contributed by atoms with Gasteiger partial charge in [0.1, 0.15) is 5.15 Å². The second kappa shape index (κ2) is 6.39. The molecular formula is C15H15ClN2O2. The highest BCUT2D eigenvalue weighted by molar-refractivity contribution is 6.30. The molecule has 0 saturated heterocycles. The van der Waals surface area contributed by atoms with E-state index in [9.17, 15) is 4.79 Å². The Labute approximate surface area is 122 Å². The first-order valence-electron chi connectivity index (χ1n) is 6.14. The van der Waals surface area contributed by atoms with Crippen LogP contribution in [0.3, 0.4) is 0 Å². The molecule has 20 heavy (non-hydrogen) atoms. The molecule has 1 aromatic carbocycles. The molecule has 0 aliphatic heterocycles. The number of aryl methyl sites for hydroxylation is 1. The van der Waals surface area contributed by atoms with E-state index in [2.05, 4.69) is 10.3 Å². The van der Waals surface area contributed by atoms with Gasteiger partial charge in [-0.3, -0.25) is 0 Å². The van der Waals surface area contributed by atoms with Gasteiger partial charge in [0.25, 0.3) is 0 Å². The Morgan fingerprint density at radius 3 is 2.85 bits per heavy atom. The minimum Gasteiger partial charge on any atom is -0.465 e. The van der Waals surface area contributed by atoms with Crippen LogP contribution in [0.4, 0.5) is 5.69 Å². The number of carbonyl (C=O) groups excluding carboxylic acids is 1. The van der Waals surface area contributed by atoms with Gasteiger partial charge in [-0.25, -0.2) is 9.78 Å². The molecule has 0 aliphatic rings. The number of methoxy groups -OCH3 is 1. The molecule has 0 unspecified atom stereocenters. The lowest BCUT2D eigenvalue weighted by Gasteiger charge is -2.10. The van der Waals surface area contributed by atoms with Gasteiger partial charge in [-0.15, -0.1) is 0 Å². The normalized spacial score (nSPS) is 10.2. The lowest BCUT2D eigenvalue weighted by molar-refractivity contribution is 0.0599. The number of hydrogen-bond donors (Lipinski definition) is 1. The van der Waals surface area contributed by atoms with E-state index in [1.54, 1.807) is 12.3 Å². The van der Waals surface area contributed by atoms with Crippen molar-refractivity contribution in [3.05, 3.63) is 58.4 Å². The number of rotatable bonds is 4. The fourth-order valence-electron chi connectivity index (χ4n) is 1.84. The van der Waals surface area contributed by atoms with E-state index < -0.39 is 0 Å². The first-order valence-corrected chi connectivity index (χ1v) is 6.52. The molecule has 4 nitrogen and oxygen atoms in total. The molecule has 5 heteroatoms. The maximum absolute atomic E-state index is 11.7. The van der Waals surface area contributed by atoms with Crippen LogP contribution < -0.4 is 5.32 Å². The van der Waals surface area contributed by atoms with Crippen molar-refractivity contribution in [2.45, 2.75) is 13.5 Å². The Morgan fingerprint density at radius 2 is 2.15 bits per heavy atom. The molecule has 0 spiro atoms. The van der Waals surface area contributed by atoms with Crippen molar-refractivity contribution in [1.82, 2.24) is 4.98 Å². The Hall–Kier alpha value is -2.07. The number of anilines is 1. The number of halogens is 1. The van der Waals surface area contributed by atoms with Crippen molar-refractivity contribution in [3.8, 4) is 0 Å². The molecule has 2 rings (SSSR count). The monoisotopic (exact) mass is 290 g/mol. The van der Waals surface area contributed by atoms with E-state index in [-0.39, 0.29) is 5.97 Å². The minimum atomic E-state index is -0.340. The summed E-state index contributed by atoms with van der Waals surface area (Å²) in [5.74, 6) is -0.340. The van der Waals surface area contributed by atoms with Crippen LogP contribution in [0.5, 0.6) is 0 Å². The third kappa shape index (κ3) is 3.27. The largest absolute Gasteiger partial charge is 0.465 e. The Bertz CT molecular complexity index is 629. The van der Waals surface area contributed by atoms with Crippen molar-refractivity contribution < 1.29 is 9.53 Å². The van der Waals surface area contributed by atoms with Crippen LogP contribution in [0, 0.1) is 6.92 Å². The summed E-state index contributed by atoms with van der Waals surface area (Å²) >= 11 is 5.88. The lowest BCUT2D eigenvalue weighted by Crippen LogP contribution is -2.09. The fraction of sp³-hybridized carbons (Fsp3) is 0.200. The summed E-state index contributed by atoms with van der Waals surface area (Å²) < 4.78 is 4.77. The van der Waals surface area contributed by atoms with Gasteiger partial charge in [-0.05, 0) is 30.2 Å². The number of pyridine rings is 1. The maximum atomic E-state index is 11.7. The molecule has 0 bridgehead atoms. The summed E-state index contributed by atoms with van der Waals surface area (Å²) in [5, 5.41) is 3.71. The molecule has 0 atom stereocenters. The quantitative estimate of drug-likeness (QED) is 0.692. The number of nitrogens with one attached hydrogen (secondary N) is 1. The zero-order chi connectivity index (χ0) is 14.5. The molecule has 0 saturated carbocycles. The van der Waals surface area contributed by atoms with Crippen LogP contribution in [-0.4, -0.2) is 18.1 Å². The highest BCUT2D eigenvalue weighted by Crippen LogP contribution is 2.18. The average Bonchev–Trinajstić information content (AvgIpc) is 2.48. The van der Waals surface area contributed by atoms with Gasteiger partial charge in [0.05, 0.1) is 24.6 Å². The van der Waals surface area contributed by atoms with Crippen LogP contribution in [0.15, 0.2) is 36.5 Å². The van der Waals surface area contributed by atoms with E-state index >= 15 is 0 Å². The molecule has 104 valence electrons. The molecule has 1 N–H and O–H groups in total. The number of hydrogen-bond acceptors (Lipinski definition) is 4. The first-order chi connectivity index (χ1) is 9.61. The standard InChI is InChI=1S/C15H15ClN2O2/c1-10-7-12(9-18-14(10)16)17-8-11-5-3-4-6-13(11)15(19)20-2/h3-7,9,17H,8H2,1-2H3. The zero-order valence-electron chi connectivity index (χ0n) is 11.3. The van der Waals surface area contributed by atoms with Gasteiger partial charge < -0.3 is 10.1 Å². The van der Waals surface area contributed by atoms with E-state index in [1.807, 2.05) is 31.2 Å². The van der Waals surface area contributed by atoms with Crippen LogP contribution >= 0.6 is 11.6 Å². The van der Waals surface area contributed by atoms with E-state index in [0.717, 1.165) is 16.8 Å². The second-order valence-corrected chi connectivity index (χ2v) is 4.69. The van der Waals surface area contributed by atoms with E-state index in [4.69, 9.17) is 16.3 Å². The molecule has 1 aromatic heterocycles. The second-order valence-electron chi connectivity index (χ2n) is 4.33. The molecular weight excluding hydrogens is 276 g/mol. The van der Waals surface area contributed by atoms with E-state index in [0.29, 0.717) is 17.3 Å². The number of nitrogens with zero attached hydrogens (tertiary/aromatic N) is 1. The lowest BCUT2D eigenvalue weighted by atomic mass is 10.1. The van der Waals surface area contributed by atoms with Crippen LogP contribution in [-0.2, 0) is 11.3 Å². The third-order valence-electron chi connectivity index (χ3n) is 2.92. The molecule has 0 radical (unpaired) electrons. The number of esters is 1. The summed E-state index contributed by atoms with van der Waals surface area (Å²) in [6.07, 6.45) is 1.66. The number of aromatic nitrogens is 1. The van der Waals surface area contributed by atoms with Gasteiger partial charge >= 0.3 is 5.97 Å². The SMILES string of the molecule is COC(=O)c1ccccc1CNc1cnc(Cl)c(C)c1. The summed E-state index contributed by atoms with van der Waals surface area (Å²) in [4.78, 5) is 15.7. The molecule has 2 aromatic rings. The molecule has 1 heterocycles. The summed E-state index contributed by atoms with van der Waals surface area (Å²) in [6, 6.07) is 9.23. The highest BCUT2D eigenvalue weighted by Gasteiger charge is 2.10. The van der Waals surface area contributed by atoms with Crippen molar-refractivity contribution in [2.75, 3.05) is 12.4 Å². The maximum Gasteiger partial charge on any atom is 0.338 e. The first kappa shape index (κ1) is 14.3. The van der Waals surface area contributed by atoms with Crippen LogP contribution in [0.2, 0.25) is 5.15 Å². The predicted octanol–water partition coefficient (Wildman–Crippen LogP) is 3.44. The average molecular weight is 291 g/mol. The van der Waals surface area contributed by atoms with Gasteiger partial charge in [0.15, 0.2) is 0 Å². The van der Waals surface area contributed by atoms with Gasteiger partial charge in [0.2, 0.25) is 0 Å². The topological polar surface area (TPSA) is 51.2 Å². The predicted molar refractivity (Wildman–Crippen MR) is 79.1 cm³/mol. The number of carbonyl (C=O) groups is 1. The van der Waals surface area contributed by atoms with Crippen molar-refractivity contribution in [3.63, 3.8) is 0 Å². The molecule has 0 fully saturated rings. The Morgan fingerprint density at radius 1 is 1.40 bits per heavy atom. The smallest absolute Gasteiger partial charge is 0.338 e. The molecule has 0 aliphatic carbocycles. The van der Waals surface area contributed by atoms with Gasteiger partial charge in [0, 0.05) is 6.54 Å². The van der Waals surface area contributed by atoms with E-state index in [1.165, 1.54) is 7.11 Å². The number of benzene rings is 1. The summed E-state index contributed by atoms with van der Waals surface area (Å²) in [5.41, 5.74) is 3.18. The third-order valence-corrected chi connectivity index (χ3v) is 3.32. The van der Waals surface area contributed by atoms with Crippen molar-refractivity contribution in [2.24, 2.45) is 0 Å². The van der Waals surface area contributed by atoms with Gasteiger partial charge in [-0.1, -0.05) is 29.8 Å². The van der Waals surface area contributed by atoms with Crippen molar-refractivity contribution >= 4 is 23.3 Å². The Balaban J connectivity index is 2.14. The number of ether oxygens (including phenoxy) is 1. The molecule has 0 amide bonds. The minimum absolute atomic E-state index is 0.340. The Kier molecular flexibility index (Phi) is 4.58. The van der Waals surface area contributed by atoms with Crippen LogP contribution in [0.25, 0.3) is 0 Å². The highest BCUT2D eigenvalue weighted by atomic mass is 35.5. The fourth-order valence-corrected chi connectivity index (χ4v) is 1.94. The van der Waals surface area contributed by atoms with Crippen molar-refractivity contribution in [1.29, 1.82) is 0 Å². The summed E-state index contributed by atoms with van der Waals surface area (Å²) in [6.45, 7) is 2.40.